The zero-order valence-corrected chi connectivity index (χ0v) is 19.4. The summed E-state index contributed by atoms with van der Waals surface area (Å²) in [4.78, 5) is 30.9. The van der Waals surface area contributed by atoms with E-state index in [-0.39, 0.29) is 36.5 Å². The Morgan fingerprint density at radius 3 is 2.30 bits per heavy atom. The van der Waals surface area contributed by atoms with Gasteiger partial charge in [-0.05, 0) is 58.4 Å². The molecule has 1 heterocycles. The molecule has 0 spiro atoms. The lowest BCUT2D eigenvalue weighted by Gasteiger charge is -2.28. The minimum Gasteiger partial charge on any atom is -0.378 e. The predicted octanol–water partition coefficient (Wildman–Crippen LogP) is 2.11. The minimum atomic E-state index is -0.285. The molecule has 1 fully saturated rings. The second kappa shape index (κ2) is 10.8. The maximum atomic E-state index is 13.1. The van der Waals surface area contributed by atoms with Crippen molar-refractivity contribution in [2.45, 2.75) is 51.8 Å². The molecule has 0 bridgehead atoms. The molecule has 1 N–H and O–H groups in total. The standard InChI is InChI=1S/C23H38N4O3/c1-23(2,3)24-21(28)16-26(6)17-22(29)27(15-20-8-7-13-30-20)14-18-9-11-19(12-10-18)25(4)5/h9-12,20H,7-8,13-17H2,1-6H3,(H,24,28)/t20-/m1/s1. The molecule has 0 saturated carbocycles. The van der Waals surface area contributed by atoms with Crippen LogP contribution in [0.4, 0.5) is 5.69 Å². The van der Waals surface area contributed by atoms with E-state index in [0.29, 0.717) is 13.1 Å². The largest absolute Gasteiger partial charge is 0.378 e. The lowest BCUT2D eigenvalue weighted by atomic mass is 10.1. The second-order valence-electron chi connectivity index (χ2n) is 9.44. The van der Waals surface area contributed by atoms with Gasteiger partial charge in [0.05, 0.1) is 19.2 Å². The van der Waals surface area contributed by atoms with Crippen LogP contribution in [0.15, 0.2) is 24.3 Å². The molecule has 7 nitrogen and oxygen atoms in total. The highest BCUT2D eigenvalue weighted by Crippen LogP contribution is 2.17. The summed E-state index contributed by atoms with van der Waals surface area (Å²) in [7, 11) is 5.82. The van der Waals surface area contributed by atoms with Crippen molar-refractivity contribution >= 4 is 17.5 Å². The van der Waals surface area contributed by atoms with Gasteiger partial charge in [0.15, 0.2) is 0 Å². The molecule has 1 atom stereocenters. The fourth-order valence-electron chi connectivity index (χ4n) is 3.50. The van der Waals surface area contributed by atoms with Gasteiger partial charge in [0, 0.05) is 45.0 Å². The van der Waals surface area contributed by atoms with E-state index in [9.17, 15) is 9.59 Å². The van der Waals surface area contributed by atoms with Gasteiger partial charge in [-0.15, -0.1) is 0 Å². The number of rotatable bonds is 9. The minimum absolute atomic E-state index is 0.00763. The van der Waals surface area contributed by atoms with Crippen LogP contribution in [0.5, 0.6) is 0 Å². The van der Waals surface area contributed by atoms with E-state index in [1.807, 2.05) is 39.8 Å². The predicted molar refractivity (Wildman–Crippen MR) is 121 cm³/mol. The van der Waals surface area contributed by atoms with Gasteiger partial charge in [-0.3, -0.25) is 14.5 Å². The van der Waals surface area contributed by atoms with Crippen molar-refractivity contribution in [3.63, 3.8) is 0 Å². The Hall–Kier alpha value is -2.12. The van der Waals surface area contributed by atoms with Gasteiger partial charge in [-0.1, -0.05) is 12.1 Å². The molecular weight excluding hydrogens is 380 g/mol. The molecule has 2 amide bonds. The van der Waals surface area contributed by atoms with E-state index in [1.165, 1.54) is 0 Å². The van der Waals surface area contributed by atoms with Gasteiger partial charge in [-0.2, -0.15) is 0 Å². The van der Waals surface area contributed by atoms with Gasteiger partial charge in [0.25, 0.3) is 0 Å². The molecule has 1 aliphatic heterocycles. The maximum absolute atomic E-state index is 13.1. The first-order valence-electron chi connectivity index (χ1n) is 10.7. The van der Waals surface area contributed by atoms with Crippen LogP contribution >= 0.6 is 0 Å². The Balaban J connectivity index is 2.00. The van der Waals surface area contributed by atoms with Crippen molar-refractivity contribution in [1.82, 2.24) is 15.1 Å². The first-order chi connectivity index (χ1) is 14.0. The highest BCUT2D eigenvalue weighted by atomic mass is 16.5. The molecular formula is C23H38N4O3. The Bertz CT molecular complexity index is 691. The topological polar surface area (TPSA) is 65.1 Å². The SMILES string of the molecule is CN(CC(=O)NC(C)(C)C)CC(=O)N(Cc1ccc(N(C)C)cc1)C[C@H]1CCCO1. The third kappa shape index (κ3) is 8.32. The molecule has 7 heteroatoms. The van der Waals surface area contributed by atoms with Gasteiger partial charge in [-0.25, -0.2) is 0 Å². The average Bonchev–Trinajstić information content (AvgIpc) is 3.12. The van der Waals surface area contributed by atoms with Crippen LogP contribution in [0.1, 0.15) is 39.2 Å². The number of carbonyl (C=O) groups is 2. The van der Waals surface area contributed by atoms with Crippen LogP contribution in [-0.2, 0) is 20.9 Å². The molecule has 0 aromatic heterocycles. The first-order valence-corrected chi connectivity index (χ1v) is 10.7. The molecule has 0 unspecified atom stereocenters. The number of hydrogen-bond donors (Lipinski definition) is 1. The van der Waals surface area contributed by atoms with E-state index >= 15 is 0 Å². The third-order valence-corrected chi connectivity index (χ3v) is 4.96. The number of nitrogens with one attached hydrogen (secondary N) is 1. The number of amides is 2. The number of hydrogen-bond acceptors (Lipinski definition) is 5. The van der Waals surface area contributed by atoms with Crippen LogP contribution in [0.25, 0.3) is 0 Å². The summed E-state index contributed by atoms with van der Waals surface area (Å²) in [6, 6.07) is 8.25. The molecule has 0 radical (unpaired) electrons. The van der Waals surface area contributed by atoms with Crippen LogP contribution in [0, 0.1) is 0 Å². The highest BCUT2D eigenvalue weighted by Gasteiger charge is 2.24. The number of carbonyl (C=O) groups excluding carboxylic acids is 2. The smallest absolute Gasteiger partial charge is 0.237 e. The maximum Gasteiger partial charge on any atom is 0.237 e. The second-order valence-corrected chi connectivity index (χ2v) is 9.44. The molecule has 0 aliphatic carbocycles. The monoisotopic (exact) mass is 418 g/mol. The fraction of sp³-hybridized carbons (Fsp3) is 0.652. The van der Waals surface area contributed by atoms with E-state index in [2.05, 4.69) is 34.5 Å². The van der Waals surface area contributed by atoms with Gasteiger partial charge in [0.1, 0.15) is 0 Å². The van der Waals surface area contributed by atoms with Crippen LogP contribution in [-0.4, -0.2) is 80.6 Å². The zero-order chi connectivity index (χ0) is 22.3. The van der Waals surface area contributed by atoms with E-state index in [4.69, 9.17) is 4.74 Å². The van der Waals surface area contributed by atoms with E-state index < -0.39 is 0 Å². The molecule has 1 saturated heterocycles. The van der Waals surface area contributed by atoms with Crippen LogP contribution < -0.4 is 10.2 Å². The molecule has 30 heavy (non-hydrogen) atoms. The summed E-state index contributed by atoms with van der Waals surface area (Å²) in [5, 5.41) is 2.94. The fourth-order valence-corrected chi connectivity index (χ4v) is 3.50. The Morgan fingerprint density at radius 1 is 1.10 bits per heavy atom. The normalized spacial score (nSPS) is 16.6. The summed E-state index contributed by atoms with van der Waals surface area (Å²) in [6.45, 7) is 8.10. The van der Waals surface area contributed by atoms with E-state index in [0.717, 1.165) is 30.7 Å². The number of benzene rings is 1. The van der Waals surface area contributed by atoms with Gasteiger partial charge < -0.3 is 19.9 Å². The molecule has 1 aliphatic rings. The molecule has 1 aromatic rings. The summed E-state index contributed by atoms with van der Waals surface area (Å²) in [5.74, 6) is -0.0732. The lowest BCUT2D eigenvalue weighted by molar-refractivity contribution is -0.135. The summed E-state index contributed by atoms with van der Waals surface area (Å²) in [5.41, 5.74) is 1.92. The quantitative estimate of drug-likeness (QED) is 0.665. The van der Waals surface area contributed by atoms with Crippen molar-refractivity contribution in [2.75, 3.05) is 52.3 Å². The Labute approximate surface area is 181 Å². The van der Waals surface area contributed by atoms with Gasteiger partial charge in [0.2, 0.25) is 11.8 Å². The molecule has 1 aromatic carbocycles. The summed E-state index contributed by atoms with van der Waals surface area (Å²) < 4.78 is 5.77. The van der Waals surface area contributed by atoms with Gasteiger partial charge >= 0.3 is 0 Å². The molecule has 2 rings (SSSR count). The number of anilines is 1. The average molecular weight is 419 g/mol. The third-order valence-electron chi connectivity index (χ3n) is 4.96. The first kappa shape index (κ1) is 24.2. The van der Waals surface area contributed by atoms with Crippen LogP contribution in [0.3, 0.4) is 0 Å². The van der Waals surface area contributed by atoms with Crippen molar-refractivity contribution in [3.05, 3.63) is 29.8 Å². The number of nitrogens with zero attached hydrogens (tertiary/aromatic N) is 3. The Morgan fingerprint density at radius 2 is 1.77 bits per heavy atom. The van der Waals surface area contributed by atoms with Crippen molar-refractivity contribution in [2.24, 2.45) is 0 Å². The summed E-state index contributed by atoms with van der Waals surface area (Å²) >= 11 is 0. The van der Waals surface area contributed by atoms with Crippen molar-refractivity contribution in [1.29, 1.82) is 0 Å². The van der Waals surface area contributed by atoms with Crippen molar-refractivity contribution < 1.29 is 14.3 Å². The number of likely N-dealkylation sites (N-methyl/N-ethyl adjacent to an activating group) is 1. The molecule has 168 valence electrons. The van der Waals surface area contributed by atoms with E-state index in [1.54, 1.807) is 11.9 Å². The lowest BCUT2D eigenvalue weighted by Crippen LogP contribution is -2.48. The highest BCUT2D eigenvalue weighted by molar-refractivity contribution is 5.81. The van der Waals surface area contributed by atoms with Crippen LogP contribution in [0.2, 0.25) is 0 Å². The van der Waals surface area contributed by atoms with Crippen molar-refractivity contribution in [3.8, 4) is 0 Å². The zero-order valence-electron chi connectivity index (χ0n) is 19.4. The Kier molecular flexibility index (Phi) is 8.67. The number of ether oxygens (including phenoxy) is 1. The summed E-state index contributed by atoms with van der Waals surface area (Å²) in [6.07, 6.45) is 2.11.